The molecule has 0 radical (unpaired) electrons. The van der Waals surface area contributed by atoms with Gasteiger partial charge in [0, 0.05) is 5.75 Å². The van der Waals surface area contributed by atoms with Crippen LogP contribution in [0.1, 0.15) is 24.7 Å². The van der Waals surface area contributed by atoms with Crippen molar-refractivity contribution >= 4 is 11.8 Å². The zero-order valence-corrected chi connectivity index (χ0v) is 8.20. The van der Waals surface area contributed by atoms with Gasteiger partial charge in [-0.1, -0.05) is 0 Å². The molecule has 0 aromatic carbocycles. The van der Waals surface area contributed by atoms with Gasteiger partial charge in [0.25, 0.3) is 0 Å². The third-order valence-electron chi connectivity index (χ3n) is 2.23. The lowest BCUT2D eigenvalue weighted by Gasteiger charge is -2.21. The molecule has 0 aliphatic carbocycles. The van der Waals surface area contributed by atoms with Gasteiger partial charge >= 0.3 is 0 Å². The third kappa shape index (κ3) is 1.83. The zero-order chi connectivity index (χ0) is 9.10. The monoisotopic (exact) mass is 199 g/mol. The molecule has 1 aromatic heterocycles. The highest BCUT2D eigenvalue weighted by atomic mass is 32.2. The molecule has 1 aliphatic heterocycles. The lowest BCUT2D eigenvalue weighted by Crippen LogP contribution is -2.21. The number of rotatable bonds is 2. The first-order valence-corrected chi connectivity index (χ1v) is 5.62. The fraction of sp³-hybridized carbons (Fsp3) is 0.857. The van der Waals surface area contributed by atoms with E-state index in [2.05, 4.69) is 15.5 Å². The van der Waals surface area contributed by atoms with Gasteiger partial charge in [0.2, 0.25) is 0 Å². The minimum atomic E-state index is 0.425. The van der Waals surface area contributed by atoms with Gasteiger partial charge in [0.1, 0.15) is 0 Å². The minimum Gasteiger partial charge on any atom is -0.324 e. The SMILES string of the molecule is NCc1nnnn1C1CCCSC1. The van der Waals surface area contributed by atoms with E-state index in [1.165, 1.54) is 18.6 Å². The second-order valence-electron chi connectivity index (χ2n) is 3.11. The van der Waals surface area contributed by atoms with E-state index in [1.807, 2.05) is 16.4 Å². The van der Waals surface area contributed by atoms with E-state index in [9.17, 15) is 0 Å². The summed E-state index contributed by atoms with van der Waals surface area (Å²) in [6.45, 7) is 0.425. The fourth-order valence-electron chi connectivity index (χ4n) is 1.55. The number of nitrogens with two attached hydrogens (primary N) is 1. The Kier molecular flexibility index (Phi) is 2.80. The molecule has 1 unspecified atom stereocenters. The first kappa shape index (κ1) is 8.96. The second-order valence-corrected chi connectivity index (χ2v) is 4.26. The van der Waals surface area contributed by atoms with Crippen molar-refractivity contribution in [3.05, 3.63) is 5.82 Å². The van der Waals surface area contributed by atoms with Gasteiger partial charge in [-0.2, -0.15) is 11.8 Å². The van der Waals surface area contributed by atoms with Crippen LogP contribution in [0.15, 0.2) is 0 Å². The van der Waals surface area contributed by atoms with Crippen LogP contribution in [0.5, 0.6) is 0 Å². The average Bonchev–Trinajstić information content (AvgIpc) is 2.67. The van der Waals surface area contributed by atoms with Crippen LogP contribution in [0, 0.1) is 0 Å². The molecule has 0 bridgehead atoms. The molecule has 1 fully saturated rings. The van der Waals surface area contributed by atoms with E-state index in [0.717, 1.165) is 11.6 Å². The molecule has 2 rings (SSSR count). The van der Waals surface area contributed by atoms with Crippen LogP contribution in [0.3, 0.4) is 0 Å². The maximum atomic E-state index is 5.53. The van der Waals surface area contributed by atoms with Gasteiger partial charge in [-0.15, -0.1) is 5.10 Å². The number of hydrogen-bond acceptors (Lipinski definition) is 5. The Morgan fingerprint density at radius 2 is 2.54 bits per heavy atom. The molecule has 1 aromatic rings. The summed E-state index contributed by atoms with van der Waals surface area (Å²) in [5.41, 5.74) is 5.53. The van der Waals surface area contributed by atoms with Crippen molar-refractivity contribution in [2.45, 2.75) is 25.4 Å². The molecule has 1 saturated heterocycles. The largest absolute Gasteiger partial charge is 0.324 e. The van der Waals surface area contributed by atoms with Crippen LogP contribution in [-0.4, -0.2) is 31.7 Å². The van der Waals surface area contributed by atoms with E-state index in [0.29, 0.717) is 12.6 Å². The van der Waals surface area contributed by atoms with E-state index in [-0.39, 0.29) is 0 Å². The number of hydrogen-bond donors (Lipinski definition) is 1. The van der Waals surface area contributed by atoms with Crippen molar-refractivity contribution in [1.29, 1.82) is 0 Å². The predicted molar refractivity (Wildman–Crippen MR) is 51.3 cm³/mol. The Labute approximate surface area is 81.1 Å². The molecule has 1 aliphatic rings. The molecule has 13 heavy (non-hydrogen) atoms. The Morgan fingerprint density at radius 3 is 3.23 bits per heavy atom. The Balaban J connectivity index is 2.13. The van der Waals surface area contributed by atoms with Crippen molar-refractivity contribution in [1.82, 2.24) is 20.2 Å². The van der Waals surface area contributed by atoms with Crippen molar-refractivity contribution in [2.24, 2.45) is 5.73 Å². The molecule has 0 saturated carbocycles. The quantitative estimate of drug-likeness (QED) is 0.737. The summed E-state index contributed by atoms with van der Waals surface area (Å²) in [5.74, 6) is 3.17. The number of aromatic nitrogens is 4. The first-order chi connectivity index (χ1) is 6.42. The lowest BCUT2D eigenvalue weighted by atomic mass is 10.2. The van der Waals surface area contributed by atoms with Crippen LogP contribution in [0.2, 0.25) is 0 Å². The first-order valence-electron chi connectivity index (χ1n) is 4.46. The zero-order valence-electron chi connectivity index (χ0n) is 7.39. The highest BCUT2D eigenvalue weighted by Gasteiger charge is 2.19. The van der Waals surface area contributed by atoms with E-state index in [1.54, 1.807) is 0 Å². The number of tetrazole rings is 1. The molecule has 6 heteroatoms. The van der Waals surface area contributed by atoms with Gasteiger partial charge in [-0.25, -0.2) is 4.68 Å². The van der Waals surface area contributed by atoms with E-state index < -0.39 is 0 Å². The van der Waals surface area contributed by atoms with Gasteiger partial charge in [-0.3, -0.25) is 0 Å². The normalized spacial score (nSPS) is 23.3. The number of nitrogens with zero attached hydrogens (tertiary/aromatic N) is 4. The Bertz CT molecular complexity index is 268. The summed E-state index contributed by atoms with van der Waals surface area (Å²) < 4.78 is 1.88. The van der Waals surface area contributed by atoms with Gasteiger partial charge in [0.15, 0.2) is 5.82 Å². The summed E-state index contributed by atoms with van der Waals surface area (Å²) in [6.07, 6.45) is 2.42. The molecule has 2 heterocycles. The van der Waals surface area contributed by atoms with Gasteiger partial charge < -0.3 is 5.73 Å². The molecule has 0 spiro atoms. The maximum absolute atomic E-state index is 5.53. The molecular formula is C7H13N5S. The van der Waals surface area contributed by atoms with Crippen LogP contribution >= 0.6 is 11.8 Å². The van der Waals surface area contributed by atoms with Crippen LogP contribution in [0.25, 0.3) is 0 Å². The summed E-state index contributed by atoms with van der Waals surface area (Å²) in [5, 5.41) is 11.5. The molecule has 72 valence electrons. The standard InChI is InChI=1S/C7H13N5S/c8-4-7-9-10-11-12(7)6-2-1-3-13-5-6/h6H,1-5,8H2. The average molecular weight is 199 g/mol. The van der Waals surface area contributed by atoms with Crippen molar-refractivity contribution in [3.8, 4) is 0 Å². The smallest absolute Gasteiger partial charge is 0.165 e. The molecule has 0 amide bonds. The summed E-state index contributed by atoms with van der Waals surface area (Å²) >= 11 is 1.96. The lowest BCUT2D eigenvalue weighted by molar-refractivity contribution is 0.429. The predicted octanol–water partition coefficient (Wildman–Crippen LogP) is 0.200. The van der Waals surface area contributed by atoms with Gasteiger partial charge in [-0.05, 0) is 29.0 Å². The summed E-state index contributed by atoms with van der Waals surface area (Å²) in [4.78, 5) is 0. The Hall–Kier alpha value is -0.620. The van der Waals surface area contributed by atoms with Gasteiger partial charge in [0.05, 0.1) is 12.6 Å². The van der Waals surface area contributed by atoms with Crippen molar-refractivity contribution in [3.63, 3.8) is 0 Å². The number of thioether (sulfide) groups is 1. The maximum Gasteiger partial charge on any atom is 0.165 e. The van der Waals surface area contributed by atoms with Crippen LogP contribution < -0.4 is 5.73 Å². The fourth-order valence-corrected chi connectivity index (χ4v) is 2.66. The van der Waals surface area contributed by atoms with Crippen LogP contribution in [0.4, 0.5) is 0 Å². The molecule has 5 nitrogen and oxygen atoms in total. The van der Waals surface area contributed by atoms with Crippen LogP contribution in [-0.2, 0) is 6.54 Å². The molecule has 1 atom stereocenters. The van der Waals surface area contributed by atoms with Crippen molar-refractivity contribution in [2.75, 3.05) is 11.5 Å². The topological polar surface area (TPSA) is 69.6 Å². The Morgan fingerprint density at radius 1 is 1.62 bits per heavy atom. The van der Waals surface area contributed by atoms with Crippen molar-refractivity contribution < 1.29 is 0 Å². The summed E-state index contributed by atoms with van der Waals surface area (Å²) in [7, 11) is 0. The highest BCUT2D eigenvalue weighted by Crippen LogP contribution is 2.26. The molecule has 2 N–H and O–H groups in total. The highest BCUT2D eigenvalue weighted by molar-refractivity contribution is 7.99. The summed E-state index contributed by atoms with van der Waals surface area (Å²) in [6, 6.07) is 0.451. The third-order valence-corrected chi connectivity index (χ3v) is 3.42. The van der Waals surface area contributed by atoms with E-state index >= 15 is 0 Å². The second kappa shape index (κ2) is 4.06. The van der Waals surface area contributed by atoms with E-state index in [4.69, 9.17) is 5.73 Å². The molecular weight excluding hydrogens is 186 g/mol. The minimum absolute atomic E-state index is 0.425.